The second kappa shape index (κ2) is 11.9. The number of hydrogen-bond donors (Lipinski definition) is 4. The van der Waals surface area contributed by atoms with E-state index in [1.54, 1.807) is 6.92 Å². The molecule has 186 valence electrons. The third-order valence-corrected chi connectivity index (χ3v) is 6.13. The summed E-state index contributed by atoms with van der Waals surface area (Å²) < 4.78 is 5.32. The van der Waals surface area contributed by atoms with E-state index in [0.29, 0.717) is 23.9 Å². The number of carboxylic acid groups (broad SMARTS) is 1. The fourth-order valence-electron chi connectivity index (χ4n) is 3.96. The monoisotopic (exact) mass is 499 g/mol. The molecule has 4 N–H and O–H groups in total. The highest BCUT2D eigenvalue weighted by Crippen LogP contribution is 2.30. The fourth-order valence-corrected chi connectivity index (χ4v) is 4.15. The van der Waals surface area contributed by atoms with Crippen LogP contribution in [0.2, 0.25) is 5.02 Å². The Morgan fingerprint density at radius 3 is 2.54 bits per heavy atom. The van der Waals surface area contributed by atoms with Crippen molar-refractivity contribution in [2.75, 3.05) is 13.2 Å². The number of aromatic nitrogens is 2. The van der Waals surface area contributed by atoms with Gasteiger partial charge in [-0.15, -0.1) is 0 Å². The van der Waals surface area contributed by atoms with Crippen molar-refractivity contribution in [2.24, 2.45) is 5.41 Å². The molecule has 0 aliphatic heterocycles. The summed E-state index contributed by atoms with van der Waals surface area (Å²) in [4.78, 5) is 24.9. The van der Waals surface area contributed by atoms with Gasteiger partial charge < -0.3 is 20.3 Å². The summed E-state index contributed by atoms with van der Waals surface area (Å²) in [6.07, 6.45) is 0.603. The second-order valence-corrected chi connectivity index (χ2v) is 9.11. The average Bonchev–Trinajstić information content (AvgIpc) is 3.29. The molecule has 0 radical (unpaired) electrons. The number of ether oxygens (including phenoxy) is 1. The molecule has 2 atom stereocenters. The van der Waals surface area contributed by atoms with Crippen molar-refractivity contribution < 1.29 is 24.5 Å². The molecule has 0 saturated carbocycles. The molecule has 35 heavy (non-hydrogen) atoms. The minimum absolute atomic E-state index is 0.0688. The first-order valence-corrected chi connectivity index (χ1v) is 11.8. The minimum Gasteiger partial charge on any atom is -0.481 e. The Morgan fingerprint density at radius 1 is 1.17 bits per heavy atom. The molecule has 9 heteroatoms. The number of rotatable bonds is 12. The molecule has 2 aromatic carbocycles. The lowest BCUT2D eigenvalue weighted by Gasteiger charge is -2.29. The lowest BCUT2D eigenvalue weighted by atomic mass is 9.79. The standard InChI is InChI=1S/C26H30ClN3O5/c1-3-35-23-15-22(29-30-23)24(32)28-21(16-26(2,11-12-31)25(33)34)13-17-7-9-18(10-8-17)19-5-4-6-20(27)14-19/h4-10,14-15,21,31H,3,11-13,16H2,1-2H3,(H,28,32)(H,29,30)(H,33,34)/t21-,26-/m1/s1. The highest BCUT2D eigenvalue weighted by molar-refractivity contribution is 6.30. The van der Waals surface area contributed by atoms with Crippen LogP contribution in [0.15, 0.2) is 54.6 Å². The van der Waals surface area contributed by atoms with E-state index in [0.717, 1.165) is 16.7 Å². The summed E-state index contributed by atoms with van der Waals surface area (Å²) in [5.74, 6) is -1.09. The molecule has 0 aliphatic carbocycles. The van der Waals surface area contributed by atoms with Crippen LogP contribution in [0.4, 0.5) is 0 Å². The Hall–Kier alpha value is -3.36. The van der Waals surface area contributed by atoms with Crippen LogP contribution < -0.4 is 10.1 Å². The maximum absolute atomic E-state index is 12.9. The van der Waals surface area contributed by atoms with Crippen LogP contribution in [0, 0.1) is 5.41 Å². The third-order valence-electron chi connectivity index (χ3n) is 5.89. The molecule has 3 rings (SSSR count). The largest absolute Gasteiger partial charge is 0.481 e. The van der Waals surface area contributed by atoms with Crippen LogP contribution in [-0.4, -0.2) is 51.5 Å². The first-order chi connectivity index (χ1) is 16.7. The number of carboxylic acids is 1. The first-order valence-electron chi connectivity index (χ1n) is 11.4. The number of benzene rings is 2. The first kappa shape index (κ1) is 26.2. The highest BCUT2D eigenvalue weighted by Gasteiger charge is 2.36. The molecule has 0 spiro atoms. The van der Waals surface area contributed by atoms with Crippen LogP contribution in [0.25, 0.3) is 11.1 Å². The van der Waals surface area contributed by atoms with Gasteiger partial charge in [-0.3, -0.25) is 9.59 Å². The van der Waals surface area contributed by atoms with Gasteiger partial charge in [-0.05, 0) is 61.9 Å². The van der Waals surface area contributed by atoms with E-state index in [4.69, 9.17) is 16.3 Å². The smallest absolute Gasteiger partial charge is 0.309 e. The van der Waals surface area contributed by atoms with Crippen molar-refractivity contribution >= 4 is 23.5 Å². The number of aliphatic carboxylic acids is 1. The normalized spacial score (nSPS) is 13.6. The molecule has 0 saturated heterocycles. The van der Waals surface area contributed by atoms with Gasteiger partial charge in [0.25, 0.3) is 5.91 Å². The molecule has 1 aromatic heterocycles. The van der Waals surface area contributed by atoms with Crippen LogP contribution in [0.5, 0.6) is 5.88 Å². The van der Waals surface area contributed by atoms with Gasteiger partial charge in [-0.1, -0.05) is 48.0 Å². The molecule has 0 aliphatic rings. The van der Waals surface area contributed by atoms with Gasteiger partial charge in [0.2, 0.25) is 5.88 Å². The Kier molecular flexibility index (Phi) is 8.89. The van der Waals surface area contributed by atoms with Crippen molar-refractivity contribution in [3.8, 4) is 17.0 Å². The Labute approximate surface area is 209 Å². The molecule has 1 amide bonds. The maximum Gasteiger partial charge on any atom is 0.309 e. The van der Waals surface area contributed by atoms with Gasteiger partial charge in [0.15, 0.2) is 5.69 Å². The molecule has 0 fully saturated rings. The molecular weight excluding hydrogens is 470 g/mol. The van der Waals surface area contributed by atoms with Crippen molar-refractivity contribution in [3.63, 3.8) is 0 Å². The van der Waals surface area contributed by atoms with Gasteiger partial charge >= 0.3 is 5.97 Å². The number of hydrogen-bond acceptors (Lipinski definition) is 5. The maximum atomic E-state index is 12.9. The Balaban J connectivity index is 1.81. The summed E-state index contributed by atoms with van der Waals surface area (Å²) in [5, 5.41) is 29.5. The van der Waals surface area contributed by atoms with E-state index in [2.05, 4.69) is 15.5 Å². The van der Waals surface area contributed by atoms with Gasteiger partial charge in [0.05, 0.1) is 12.0 Å². The molecule has 3 aromatic rings. The van der Waals surface area contributed by atoms with Crippen LogP contribution in [0.1, 0.15) is 42.7 Å². The lowest BCUT2D eigenvalue weighted by Crippen LogP contribution is -2.43. The highest BCUT2D eigenvalue weighted by atomic mass is 35.5. The summed E-state index contributed by atoms with van der Waals surface area (Å²) in [6.45, 7) is 3.56. The minimum atomic E-state index is -1.21. The number of nitrogens with zero attached hydrogens (tertiary/aromatic N) is 1. The summed E-state index contributed by atoms with van der Waals surface area (Å²) in [7, 11) is 0. The number of halogens is 1. The van der Waals surface area contributed by atoms with Crippen molar-refractivity contribution in [3.05, 3.63) is 70.9 Å². The van der Waals surface area contributed by atoms with Crippen LogP contribution in [-0.2, 0) is 11.2 Å². The number of aliphatic hydroxyl groups is 1. The summed E-state index contributed by atoms with van der Waals surface area (Å²) in [6, 6.07) is 16.4. The zero-order chi connectivity index (χ0) is 25.4. The molecule has 8 nitrogen and oxygen atoms in total. The number of carbonyl (C=O) groups excluding carboxylic acids is 1. The van der Waals surface area contributed by atoms with Gasteiger partial charge in [-0.2, -0.15) is 5.10 Å². The molecule has 0 bridgehead atoms. The predicted molar refractivity (Wildman–Crippen MR) is 134 cm³/mol. The lowest BCUT2D eigenvalue weighted by molar-refractivity contribution is -0.149. The predicted octanol–water partition coefficient (Wildman–Crippen LogP) is 4.33. The van der Waals surface area contributed by atoms with Crippen molar-refractivity contribution in [1.82, 2.24) is 15.5 Å². The van der Waals surface area contributed by atoms with E-state index in [1.807, 2.05) is 55.5 Å². The number of amides is 1. The van der Waals surface area contributed by atoms with E-state index >= 15 is 0 Å². The van der Waals surface area contributed by atoms with Gasteiger partial charge in [0, 0.05) is 23.7 Å². The number of aromatic amines is 1. The third kappa shape index (κ3) is 7.07. The zero-order valence-corrected chi connectivity index (χ0v) is 20.5. The van der Waals surface area contributed by atoms with Crippen molar-refractivity contribution in [1.29, 1.82) is 0 Å². The summed E-state index contributed by atoms with van der Waals surface area (Å²) in [5.41, 5.74) is 1.84. The second-order valence-electron chi connectivity index (χ2n) is 8.68. The van der Waals surface area contributed by atoms with E-state index < -0.39 is 23.3 Å². The quantitative estimate of drug-likeness (QED) is 0.294. The number of nitrogens with one attached hydrogen (secondary N) is 2. The molecule has 1 heterocycles. The zero-order valence-electron chi connectivity index (χ0n) is 19.8. The topological polar surface area (TPSA) is 125 Å². The van der Waals surface area contributed by atoms with Crippen LogP contribution >= 0.6 is 11.6 Å². The molecule has 0 unspecified atom stereocenters. The fraction of sp³-hybridized carbons (Fsp3) is 0.346. The number of carbonyl (C=O) groups is 2. The van der Waals surface area contributed by atoms with E-state index in [1.165, 1.54) is 6.07 Å². The average molecular weight is 500 g/mol. The summed E-state index contributed by atoms with van der Waals surface area (Å²) >= 11 is 6.10. The number of aliphatic hydroxyl groups excluding tert-OH is 1. The van der Waals surface area contributed by atoms with Crippen LogP contribution in [0.3, 0.4) is 0 Å². The Morgan fingerprint density at radius 2 is 1.91 bits per heavy atom. The van der Waals surface area contributed by atoms with Crippen molar-refractivity contribution in [2.45, 2.75) is 39.2 Å². The van der Waals surface area contributed by atoms with E-state index in [9.17, 15) is 19.8 Å². The van der Waals surface area contributed by atoms with Gasteiger partial charge in [-0.25, -0.2) is 5.10 Å². The SMILES string of the molecule is CCOc1cc(C(=O)N[C@H](Cc2ccc(-c3cccc(Cl)c3)cc2)C[C@@](C)(CCO)C(=O)O)n[nH]1. The van der Waals surface area contributed by atoms with E-state index in [-0.39, 0.29) is 25.1 Å². The number of H-pyrrole nitrogens is 1. The Bertz CT molecular complexity index is 1150. The molecular formula is C26H30ClN3O5. The van der Waals surface area contributed by atoms with Gasteiger partial charge in [0.1, 0.15) is 0 Å².